The SMILES string of the molecule is CN=C(NCc1ncc(-c2ccccc2)[nH]1)NCC(C)Oc1ccc(F)cc1.I. The van der Waals surface area contributed by atoms with Crippen LogP contribution < -0.4 is 15.4 Å². The Morgan fingerprint density at radius 2 is 1.86 bits per heavy atom. The Morgan fingerprint density at radius 3 is 2.55 bits per heavy atom. The number of imidazole rings is 1. The second-order valence-corrected chi connectivity index (χ2v) is 6.30. The lowest BCUT2D eigenvalue weighted by Gasteiger charge is -2.17. The van der Waals surface area contributed by atoms with Crippen molar-refractivity contribution in [2.45, 2.75) is 19.6 Å². The van der Waals surface area contributed by atoms with Crippen molar-refractivity contribution in [3.8, 4) is 17.0 Å². The number of H-pyrrole nitrogens is 1. The molecule has 1 atom stereocenters. The Hall–Kier alpha value is -2.62. The van der Waals surface area contributed by atoms with E-state index in [1.54, 1.807) is 19.2 Å². The zero-order valence-corrected chi connectivity index (χ0v) is 18.7. The number of halogens is 2. The summed E-state index contributed by atoms with van der Waals surface area (Å²) < 4.78 is 18.7. The Bertz CT molecular complexity index is 899. The van der Waals surface area contributed by atoms with E-state index in [0.717, 1.165) is 17.1 Å². The number of hydrogen-bond acceptors (Lipinski definition) is 3. The lowest BCUT2D eigenvalue weighted by Crippen LogP contribution is -2.41. The van der Waals surface area contributed by atoms with Crippen molar-refractivity contribution < 1.29 is 9.13 Å². The first-order valence-corrected chi connectivity index (χ1v) is 9.10. The molecule has 3 rings (SSSR count). The minimum Gasteiger partial charge on any atom is -0.489 e. The third-order valence-electron chi connectivity index (χ3n) is 4.07. The van der Waals surface area contributed by atoms with E-state index in [1.165, 1.54) is 12.1 Å². The Kier molecular flexibility index (Phi) is 8.91. The van der Waals surface area contributed by atoms with Gasteiger partial charge in [0.05, 0.1) is 25.0 Å². The zero-order chi connectivity index (χ0) is 19.8. The monoisotopic (exact) mass is 509 g/mol. The van der Waals surface area contributed by atoms with Gasteiger partial charge in [0.25, 0.3) is 0 Å². The predicted molar refractivity (Wildman–Crippen MR) is 124 cm³/mol. The number of benzene rings is 2. The summed E-state index contributed by atoms with van der Waals surface area (Å²) in [4.78, 5) is 11.9. The fourth-order valence-electron chi connectivity index (χ4n) is 2.63. The van der Waals surface area contributed by atoms with Crippen LogP contribution in [0.2, 0.25) is 0 Å². The minimum atomic E-state index is -0.281. The number of ether oxygens (including phenoxy) is 1. The van der Waals surface area contributed by atoms with Crippen LogP contribution in [0.4, 0.5) is 4.39 Å². The van der Waals surface area contributed by atoms with Crippen LogP contribution in [0, 0.1) is 5.82 Å². The van der Waals surface area contributed by atoms with Gasteiger partial charge in [-0.3, -0.25) is 4.99 Å². The Balaban J connectivity index is 0.00000300. The summed E-state index contributed by atoms with van der Waals surface area (Å²) in [5, 5.41) is 6.42. The second-order valence-electron chi connectivity index (χ2n) is 6.30. The number of aromatic amines is 1. The van der Waals surface area contributed by atoms with E-state index < -0.39 is 0 Å². The number of aromatic nitrogens is 2. The summed E-state index contributed by atoms with van der Waals surface area (Å²) >= 11 is 0. The molecule has 0 radical (unpaired) electrons. The van der Waals surface area contributed by atoms with Crippen molar-refractivity contribution in [3.05, 3.63) is 72.4 Å². The van der Waals surface area contributed by atoms with Gasteiger partial charge in [-0.1, -0.05) is 30.3 Å². The summed E-state index contributed by atoms with van der Waals surface area (Å²) in [5.74, 6) is 1.81. The van der Waals surface area contributed by atoms with Crippen molar-refractivity contribution in [2.24, 2.45) is 4.99 Å². The molecular weight excluding hydrogens is 484 g/mol. The van der Waals surface area contributed by atoms with Crippen LogP contribution in [0.5, 0.6) is 5.75 Å². The Morgan fingerprint density at radius 1 is 1.14 bits per heavy atom. The molecule has 0 aliphatic carbocycles. The van der Waals surface area contributed by atoms with Crippen molar-refractivity contribution in [2.75, 3.05) is 13.6 Å². The maximum Gasteiger partial charge on any atom is 0.191 e. The van der Waals surface area contributed by atoms with Gasteiger partial charge in [0.1, 0.15) is 23.5 Å². The molecule has 0 bridgehead atoms. The number of aliphatic imine (C=N–C) groups is 1. The van der Waals surface area contributed by atoms with Gasteiger partial charge >= 0.3 is 0 Å². The molecule has 1 heterocycles. The van der Waals surface area contributed by atoms with E-state index >= 15 is 0 Å². The molecule has 29 heavy (non-hydrogen) atoms. The predicted octanol–water partition coefficient (Wildman–Crippen LogP) is 3.97. The lowest BCUT2D eigenvalue weighted by molar-refractivity contribution is 0.223. The molecule has 0 saturated carbocycles. The molecule has 0 aliphatic heterocycles. The number of rotatable bonds is 7. The molecule has 1 unspecified atom stereocenters. The fraction of sp³-hybridized carbons (Fsp3) is 0.238. The van der Waals surface area contributed by atoms with E-state index in [1.807, 2.05) is 43.5 Å². The largest absolute Gasteiger partial charge is 0.489 e. The van der Waals surface area contributed by atoms with Gasteiger partial charge in [0.2, 0.25) is 0 Å². The maximum absolute atomic E-state index is 12.9. The average Bonchev–Trinajstić information content (AvgIpc) is 3.20. The van der Waals surface area contributed by atoms with E-state index in [0.29, 0.717) is 24.8 Å². The van der Waals surface area contributed by atoms with E-state index in [-0.39, 0.29) is 35.9 Å². The highest BCUT2D eigenvalue weighted by Gasteiger charge is 2.07. The molecule has 0 saturated heterocycles. The number of hydrogen-bond donors (Lipinski definition) is 3. The molecular formula is C21H25FIN5O. The van der Waals surface area contributed by atoms with Gasteiger partial charge in [-0.05, 0) is 36.8 Å². The molecule has 3 N–H and O–H groups in total. The second kappa shape index (κ2) is 11.4. The highest BCUT2D eigenvalue weighted by molar-refractivity contribution is 14.0. The number of nitrogens with zero attached hydrogens (tertiary/aromatic N) is 2. The third kappa shape index (κ3) is 7.04. The first kappa shape index (κ1) is 22.7. The van der Waals surface area contributed by atoms with E-state index in [4.69, 9.17) is 4.74 Å². The molecule has 154 valence electrons. The highest BCUT2D eigenvalue weighted by atomic mass is 127. The van der Waals surface area contributed by atoms with Crippen LogP contribution in [-0.2, 0) is 6.54 Å². The van der Waals surface area contributed by atoms with Crippen molar-refractivity contribution in [1.82, 2.24) is 20.6 Å². The molecule has 0 fully saturated rings. The van der Waals surface area contributed by atoms with Crippen LogP contribution in [-0.4, -0.2) is 35.6 Å². The molecule has 0 aliphatic rings. The maximum atomic E-state index is 12.9. The van der Waals surface area contributed by atoms with Crippen LogP contribution >= 0.6 is 24.0 Å². The number of nitrogens with one attached hydrogen (secondary N) is 3. The summed E-state index contributed by atoms with van der Waals surface area (Å²) in [6.45, 7) is 2.99. The van der Waals surface area contributed by atoms with E-state index in [9.17, 15) is 4.39 Å². The summed E-state index contributed by atoms with van der Waals surface area (Å²) in [7, 11) is 1.71. The minimum absolute atomic E-state index is 0. The quantitative estimate of drug-likeness (QED) is 0.256. The summed E-state index contributed by atoms with van der Waals surface area (Å²) in [5.41, 5.74) is 2.07. The average molecular weight is 509 g/mol. The normalized spacial score (nSPS) is 12.0. The molecule has 0 amide bonds. The van der Waals surface area contributed by atoms with Crippen LogP contribution in [0.3, 0.4) is 0 Å². The highest BCUT2D eigenvalue weighted by Crippen LogP contribution is 2.16. The van der Waals surface area contributed by atoms with Crippen molar-refractivity contribution in [1.29, 1.82) is 0 Å². The molecule has 2 aromatic carbocycles. The van der Waals surface area contributed by atoms with Gasteiger partial charge in [-0.2, -0.15) is 0 Å². The Labute approximate surface area is 187 Å². The van der Waals surface area contributed by atoms with Gasteiger partial charge in [-0.15, -0.1) is 24.0 Å². The van der Waals surface area contributed by atoms with Crippen LogP contribution in [0.1, 0.15) is 12.7 Å². The van der Waals surface area contributed by atoms with Gasteiger partial charge < -0.3 is 20.4 Å². The fourth-order valence-corrected chi connectivity index (χ4v) is 2.63. The van der Waals surface area contributed by atoms with Crippen molar-refractivity contribution in [3.63, 3.8) is 0 Å². The molecule has 6 nitrogen and oxygen atoms in total. The number of guanidine groups is 1. The zero-order valence-electron chi connectivity index (χ0n) is 16.4. The van der Waals surface area contributed by atoms with Gasteiger partial charge in [-0.25, -0.2) is 9.37 Å². The van der Waals surface area contributed by atoms with Gasteiger partial charge in [0, 0.05) is 7.05 Å². The standard InChI is InChI=1S/C21H24FN5O.HI/c1-15(28-18-10-8-17(22)9-11-18)12-25-21(23-2)26-14-20-24-13-19(27-20)16-6-4-3-5-7-16;/h3-11,13,15H,12,14H2,1-2H3,(H,24,27)(H2,23,25,26);1H. The first-order valence-electron chi connectivity index (χ1n) is 9.10. The van der Waals surface area contributed by atoms with Crippen LogP contribution in [0.25, 0.3) is 11.3 Å². The summed E-state index contributed by atoms with van der Waals surface area (Å²) in [6.07, 6.45) is 1.71. The summed E-state index contributed by atoms with van der Waals surface area (Å²) in [6, 6.07) is 16.0. The smallest absolute Gasteiger partial charge is 0.191 e. The molecule has 8 heteroatoms. The molecule has 1 aromatic heterocycles. The topological polar surface area (TPSA) is 74.3 Å². The van der Waals surface area contributed by atoms with E-state index in [2.05, 4.69) is 25.6 Å². The first-order chi connectivity index (χ1) is 13.6. The molecule has 0 spiro atoms. The van der Waals surface area contributed by atoms with Crippen LogP contribution in [0.15, 0.2) is 65.8 Å². The third-order valence-corrected chi connectivity index (χ3v) is 4.07. The van der Waals surface area contributed by atoms with Gasteiger partial charge in [0.15, 0.2) is 5.96 Å². The molecule has 3 aromatic rings. The lowest BCUT2D eigenvalue weighted by atomic mass is 10.2. The van der Waals surface area contributed by atoms with Crippen molar-refractivity contribution >= 4 is 29.9 Å².